The summed E-state index contributed by atoms with van der Waals surface area (Å²) < 4.78 is 11.1. The van der Waals surface area contributed by atoms with E-state index in [9.17, 15) is 9.59 Å². The number of fused-ring (bicyclic) bond motifs is 1. The number of halogens is 1. The van der Waals surface area contributed by atoms with Gasteiger partial charge < -0.3 is 25.0 Å². The van der Waals surface area contributed by atoms with Crippen LogP contribution in [-0.2, 0) is 9.59 Å². The Labute approximate surface area is 165 Å². The predicted molar refractivity (Wildman–Crippen MR) is 103 cm³/mol. The highest BCUT2D eigenvalue weighted by Crippen LogP contribution is 2.37. The number of rotatable bonds is 3. The Morgan fingerprint density at radius 2 is 2.00 bits per heavy atom. The van der Waals surface area contributed by atoms with Crippen LogP contribution < -0.4 is 20.1 Å². The van der Waals surface area contributed by atoms with E-state index in [0.29, 0.717) is 57.3 Å². The van der Waals surface area contributed by atoms with Gasteiger partial charge in [-0.1, -0.05) is 6.92 Å². The number of carbonyl (C=O) groups is 2. The maximum absolute atomic E-state index is 12.9. The smallest absolute Gasteiger partial charge is 0.239 e. The van der Waals surface area contributed by atoms with Gasteiger partial charge in [0.15, 0.2) is 11.5 Å². The van der Waals surface area contributed by atoms with Gasteiger partial charge in [0.25, 0.3) is 0 Å². The van der Waals surface area contributed by atoms with Gasteiger partial charge in [-0.05, 0) is 36.9 Å². The molecular formula is C19H26ClN3O4. The molecule has 1 aromatic rings. The third-order valence-electron chi connectivity index (χ3n) is 5.70. The van der Waals surface area contributed by atoms with E-state index < -0.39 is 5.92 Å². The van der Waals surface area contributed by atoms with Crippen LogP contribution in [0.15, 0.2) is 18.2 Å². The van der Waals surface area contributed by atoms with E-state index in [2.05, 4.69) is 6.92 Å². The molecule has 0 saturated carbocycles. The lowest BCUT2D eigenvalue weighted by Gasteiger charge is -2.25. The molecule has 3 aliphatic heterocycles. The van der Waals surface area contributed by atoms with Crippen molar-refractivity contribution >= 4 is 29.9 Å². The first-order valence-electron chi connectivity index (χ1n) is 9.21. The fourth-order valence-electron chi connectivity index (χ4n) is 3.96. The zero-order valence-corrected chi connectivity index (χ0v) is 16.3. The molecule has 2 saturated heterocycles. The molecule has 3 heterocycles. The lowest BCUT2D eigenvalue weighted by Crippen LogP contribution is -2.40. The Balaban J connectivity index is 0.00000210. The van der Waals surface area contributed by atoms with Gasteiger partial charge in [-0.15, -0.1) is 12.4 Å². The fourth-order valence-corrected chi connectivity index (χ4v) is 3.96. The lowest BCUT2D eigenvalue weighted by molar-refractivity contribution is -0.139. The second kappa shape index (κ2) is 7.56. The molecular weight excluding hydrogens is 370 g/mol. The van der Waals surface area contributed by atoms with Crippen LogP contribution in [0.1, 0.15) is 19.8 Å². The van der Waals surface area contributed by atoms with Crippen molar-refractivity contribution in [1.29, 1.82) is 0 Å². The average molecular weight is 396 g/mol. The maximum Gasteiger partial charge on any atom is 0.239 e. The summed E-state index contributed by atoms with van der Waals surface area (Å²) in [6.45, 7) is 5.54. The van der Waals surface area contributed by atoms with Gasteiger partial charge in [0, 0.05) is 31.4 Å². The number of hydrogen-bond acceptors (Lipinski definition) is 5. The molecule has 2 unspecified atom stereocenters. The first kappa shape index (κ1) is 19.8. The molecule has 3 aliphatic rings. The van der Waals surface area contributed by atoms with Crippen molar-refractivity contribution < 1.29 is 19.1 Å². The summed E-state index contributed by atoms with van der Waals surface area (Å²) in [5.74, 6) is 0.551. The number of hydrogen-bond donors (Lipinski definition) is 1. The summed E-state index contributed by atoms with van der Waals surface area (Å²) in [6.07, 6.45) is 1.43. The fraction of sp³-hybridized carbons (Fsp3) is 0.579. The Bertz CT molecular complexity index is 744. The molecule has 1 aromatic carbocycles. The molecule has 7 nitrogen and oxygen atoms in total. The molecule has 0 radical (unpaired) electrons. The lowest BCUT2D eigenvalue weighted by atomic mass is 9.90. The van der Waals surface area contributed by atoms with Crippen molar-refractivity contribution in [2.24, 2.45) is 17.1 Å². The van der Waals surface area contributed by atoms with E-state index in [4.69, 9.17) is 15.2 Å². The second-order valence-corrected chi connectivity index (χ2v) is 7.68. The van der Waals surface area contributed by atoms with Gasteiger partial charge >= 0.3 is 0 Å². The number of ether oxygens (including phenoxy) is 2. The summed E-state index contributed by atoms with van der Waals surface area (Å²) in [6, 6.07) is 5.49. The van der Waals surface area contributed by atoms with Crippen molar-refractivity contribution in [2.45, 2.75) is 19.8 Å². The second-order valence-electron chi connectivity index (χ2n) is 7.68. The molecule has 0 aliphatic carbocycles. The van der Waals surface area contributed by atoms with Crippen molar-refractivity contribution in [1.82, 2.24) is 4.90 Å². The van der Waals surface area contributed by atoms with Crippen LogP contribution in [0.25, 0.3) is 0 Å². The monoisotopic (exact) mass is 395 g/mol. The van der Waals surface area contributed by atoms with Crippen molar-refractivity contribution in [3.05, 3.63) is 18.2 Å². The topological polar surface area (TPSA) is 85.1 Å². The number of nitrogens with two attached hydrogens (primary N) is 1. The molecule has 4 rings (SSSR count). The normalized spacial score (nSPS) is 26.9. The Hall–Kier alpha value is -1.99. The van der Waals surface area contributed by atoms with Crippen LogP contribution >= 0.6 is 12.4 Å². The number of anilines is 1. The number of benzene rings is 1. The Morgan fingerprint density at radius 1 is 1.26 bits per heavy atom. The van der Waals surface area contributed by atoms with Crippen molar-refractivity contribution in [3.63, 3.8) is 0 Å². The molecule has 27 heavy (non-hydrogen) atoms. The summed E-state index contributed by atoms with van der Waals surface area (Å²) in [5, 5.41) is 0. The quantitative estimate of drug-likeness (QED) is 0.782. The van der Waals surface area contributed by atoms with Crippen LogP contribution in [0, 0.1) is 11.3 Å². The van der Waals surface area contributed by atoms with Gasteiger partial charge in [-0.2, -0.15) is 0 Å². The number of amides is 2. The van der Waals surface area contributed by atoms with Crippen LogP contribution in [0.2, 0.25) is 0 Å². The maximum atomic E-state index is 12.9. The third-order valence-corrected chi connectivity index (χ3v) is 5.70. The average Bonchev–Trinajstić information content (AvgIpc) is 3.25. The van der Waals surface area contributed by atoms with E-state index in [1.807, 2.05) is 23.1 Å². The van der Waals surface area contributed by atoms with E-state index >= 15 is 0 Å². The molecule has 2 atom stereocenters. The molecule has 8 heteroatoms. The van der Waals surface area contributed by atoms with Gasteiger partial charge in [0.1, 0.15) is 19.1 Å². The molecule has 2 N–H and O–H groups in total. The van der Waals surface area contributed by atoms with Crippen LogP contribution in [0.5, 0.6) is 11.5 Å². The zero-order chi connectivity index (χ0) is 18.3. The van der Waals surface area contributed by atoms with Crippen LogP contribution in [0.3, 0.4) is 0 Å². The minimum atomic E-state index is -0.594. The van der Waals surface area contributed by atoms with Crippen molar-refractivity contribution in [2.75, 3.05) is 44.3 Å². The largest absolute Gasteiger partial charge is 0.486 e. The summed E-state index contributed by atoms with van der Waals surface area (Å²) in [4.78, 5) is 29.2. The van der Waals surface area contributed by atoms with E-state index in [0.717, 1.165) is 12.1 Å². The van der Waals surface area contributed by atoms with Gasteiger partial charge in [-0.3, -0.25) is 9.59 Å². The predicted octanol–water partition coefficient (Wildman–Crippen LogP) is 1.43. The van der Waals surface area contributed by atoms with Crippen LogP contribution in [-0.4, -0.2) is 56.1 Å². The SMILES string of the molecule is CC1(CN)CCN(C(=O)C2CCN(c3ccc4c(c3)OCCO4)C2=O)C1.Cl. The molecule has 0 spiro atoms. The van der Waals surface area contributed by atoms with Gasteiger partial charge in [0.2, 0.25) is 11.8 Å². The summed E-state index contributed by atoms with van der Waals surface area (Å²) in [5.41, 5.74) is 6.55. The Morgan fingerprint density at radius 3 is 2.70 bits per heavy atom. The number of nitrogens with zero attached hydrogens (tertiary/aromatic N) is 2. The molecule has 2 fully saturated rings. The van der Waals surface area contributed by atoms with E-state index in [1.165, 1.54) is 0 Å². The molecule has 2 amide bonds. The van der Waals surface area contributed by atoms with E-state index in [-0.39, 0.29) is 29.6 Å². The molecule has 0 aromatic heterocycles. The highest BCUT2D eigenvalue weighted by molar-refractivity contribution is 6.09. The minimum Gasteiger partial charge on any atom is -0.486 e. The number of carbonyl (C=O) groups excluding carboxylic acids is 2. The Kier molecular flexibility index (Phi) is 5.53. The number of likely N-dealkylation sites (tertiary alicyclic amines) is 1. The standard InChI is InChI=1S/C19H25N3O4.ClH/c1-19(11-20)5-7-21(12-19)17(23)14-4-6-22(18(14)24)13-2-3-15-16(10-13)26-9-8-25-15;/h2-3,10,14H,4-9,11-12,20H2,1H3;1H. The summed E-state index contributed by atoms with van der Waals surface area (Å²) >= 11 is 0. The first-order chi connectivity index (χ1) is 12.5. The van der Waals surface area contributed by atoms with E-state index in [1.54, 1.807) is 4.90 Å². The van der Waals surface area contributed by atoms with Gasteiger partial charge in [-0.25, -0.2) is 0 Å². The zero-order valence-electron chi connectivity index (χ0n) is 15.5. The minimum absolute atomic E-state index is 0. The summed E-state index contributed by atoms with van der Waals surface area (Å²) in [7, 11) is 0. The highest BCUT2D eigenvalue weighted by Gasteiger charge is 2.43. The van der Waals surface area contributed by atoms with Crippen LogP contribution in [0.4, 0.5) is 5.69 Å². The van der Waals surface area contributed by atoms with Crippen molar-refractivity contribution in [3.8, 4) is 11.5 Å². The molecule has 148 valence electrons. The first-order valence-corrected chi connectivity index (χ1v) is 9.21. The third kappa shape index (κ3) is 3.58. The van der Waals surface area contributed by atoms with Gasteiger partial charge in [0.05, 0.1) is 0 Å². The highest BCUT2D eigenvalue weighted by atomic mass is 35.5. The molecule has 0 bridgehead atoms.